The molecule has 2 N–H and O–H groups in total. The number of hydrogen-bond acceptors (Lipinski definition) is 2. The number of halogens is 1. The van der Waals surface area contributed by atoms with E-state index in [1.807, 2.05) is 12.1 Å². The molecule has 0 spiro atoms. The third-order valence-corrected chi connectivity index (χ3v) is 3.00. The molecule has 0 amide bonds. The molecule has 1 saturated carbocycles. The molecule has 1 heterocycles. The van der Waals surface area contributed by atoms with Crippen molar-refractivity contribution in [3.8, 4) is 0 Å². The van der Waals surface area contributed by atoms with E-state index in [4.69, 9.17) is 17.3 Å². The predicted molar refractivity (Wildman–Crippen MR) is 53.6 cm³/mol. The minimum Gasteiger partial charge on any atom is -0.321 e. The van der Waals surface area contributed by atoms with Crippen molar-refractivity contribution >= 4 is 11.6 Å². The lowest BCUT2D eigenvalue weighted by Gasteiger charge is -2.23. The van der Waals surface area contributed by atoms with E-state index in [1.54, 1.807) is 6.20 Å². The van der Waals surface area contributed by atoms with Gasteiger partial charge in [-0.25, -0.2) is 4.98 Å². The maximum Gasteiger partial charge on any atom is 0.129 e. The molecule has 1 aromatic heterocycles. The maximum atomic E-state index is 6.26. The van der Waals surface area contributed by atoms with Crippen molar-refractivity contribution in [1.29, 1.82) is 0 Å². The zero-order valence-electron chi connectivity index (χ0n) is 7.46. The first kappa shape index (κ1) is 8.97. The molecule has 0 aromatic carbocycles. The van der Waals surface area contributed by atoms with Gasteiger partial charge in [0.2, 0.25) is 0 Å². The maximum absolute atomic E-state index is 6.26. The number of hydrogen-bond donors (Lipinski definition) is 1. The Morgan fingerprint density at radius 2 is 2.08 bits per heavy atom. The standard InChI is InChI=1S/C10H13ClN2/c11-9-7-8(3-6-13-9)10(12)4-1-2-5-10/h3,6-7H,1-2,4-5,12H2. The predicted octanol–water partition coefficient (Wildman–Crippen LogP) is 2.46. The van der Waals surface area contributed by atoms with Gasteiger partial charge in [0.25, 0.3) is 0 Å². The Morgan fingerprint density at radius 3 is 2.69 bits per heavy atom. The zero-order valence-corrected chi connectivity index (χ0v) is 8.22. The van der Waals surface area contributed by atoms with Crippen LogP contribution in [0.25, 0.3) is 0 Å². The molecule has 0 bridgehead atoms. The van der Waals surface area contributed by atoms with Crippen molar-refractivity contribution in [2.45, 2.75) is 31.2 Å². The molecule has 0 aliphatic heterocycles. The number of rotatable bonds is 1. The van der Waals surface area contributed by atoms with Crippen LogP contribution in [0.3, 0.4) is 0 Å². The lowest BCUT2D eigenvalue weighted by Crippen LogP contribution is -2.32. The summed E-state index contributed by atoms with van der Waals surface area (Å²) in [5.74, 6) is 0. The van der Waals surface area contributed by atoms with Crippen LogP contribution >= 0.6 is 11.6 Å². The van der Waals surface area contributed by atoms with Crippen molar-refractivity contribution in [2.75, 3.05) is 0 Å². The number of nitrogens with two attached hydrogens (primary N) is 1. The molecule has 0 atom stereocenters. The Morgan fingerprint density at radius 1 is 1.38 bits per heavy atom. The van der Waals surface area contributed by atoms with Crippen molar-refractivity contribution in [1.82, 2.24) is 4.98 Å². The number of nitrogens with zero attached hydrogens (tertiary/aromatic N) is 1. The average Bonchev–Trinajstić information content (AvgIpc) is 2.54. The summed E-state index contributed by atoms with van der Waals surface area (Å²) in [6.07, 6.45) is 6.29. The fraction of sp³-hybridized carbons (Fsp3) is 0.500. The van der Waals surface area contributed by atoms with E-state index < -0.39 is 0 Å². The van der Waals surface area contributed by atoms with Gasteiger partial charge in [0.05, 0.1) is 0 Å². The van der Waals surface area contributed by atoms with Crippen LogP contribution in [0, 0.1) is 0 Å². The largest absolute Gasteiger partial charge is 0.321 e. The van der Waals surface area contributed by atoms with Crippen molar-refractivity contribution in [3.05, 3.63) is 29.0 Å². The van der Waals surface area contributed by atoms with Gasteiger partial charge in [-0.15, -0.1) is 0 Å². The molecule has 1 fully saturated rings. The molecular formula is C10H13ClN2. The molecular weight excluding hydrogens is 184 g/mol. The molecule has 0 unspecified atom stereocenters. The van der Waals surface area contributed by atoms with Crippen LogP contribution in [0.5, 0.6) is 0 Å². The fourth-order valence-electron chi connectivity index (χ4n) is 2.01. The van der Waals surface area contributed by atoms with Crippen LogP contribution in [0.4, 0.5) is 0 Å². The Hall–Kier alpha value is -0.600. The van der Waals surface area contributed by atoms with Gasteiger partial charge in [0.15, 0.2) is 0 Å². The van der Waals surface area contributed by atoms with Crippen LogP contribution in [-0.4, -0.2) is 4.98 Å². The van der Waals surface area contributed by atoms with Crippen molar-refractivity contribution in [3.63, 3.8) is 0 Å². The summed E-state index contributed by atoms with van der Waals surface area (Å²) in [5.41, 5.74) is 7.25. The van der Waals surface area contributed by atoms with Gasteiger partial charge in [0.1, 0.15) is 5.15 Å². The van der Waals surface area contributed by atoms with Crippen LogP contribution in [0.1, 0.15) is 31.2 Å². The summed E-state index contributed by atoms with van der Waals surface area (Å²) in [6, 6.07) is 3.85. The molecule has 2 nitrogen and oxygen atoms in total. The molecule has 70 valence electrons. The first-order valence-electron chi connectivity index (χ1n) is 4.62. The topological polar surface area (TPSA) is 38.9 Å². The van der Waals surface area contributed by atoms with Crippen LogP contribution in [0.2, 0.25) is 5.15 Å². The lowest BCUT2D eigenvalue weighted by atomic mass is 9.90. The van der Waals surface area contributed by atoms with Crippen LogP contribution in [-0.2, 0) is 5.54 Å². The smallest absolute Gasteiger partial charge is 0.129 e. The van der Waals surface area contributed by atoms with Gasteiger partial charge >= 0.3 is 0 Å². The molecule has 1 aromatic rings. The van der Waals surface area contributed by atoms with Gasteiger partial charge in [-0.05, 0) is 30.5 Å². The summed E-state index contributed by atoms with van der Waals surface area (Å²) in [5, 5.41) is 0.536. The lowest BCUT2D eigenvalue weighted by molar-refractivity contribution is 0.461. The Kier molecular flexibility index (Phi) is 2.26. The Balaban J connectivity index is 2.33. The Bertz CT molecular complexity index is 306. The molecule has 13 heavy (non-hydrogen) atoms. The van der Waals surface area contributed by atoms with E-state index in [0.717, 1.165) is 18.4 Å². The van der Waals surface area contributed by atoms with Crippen LogP contribution in [0.15, 0.2) is 18.3 Å². The van der Waals surface area contributed by atoms with E-state index in [1.165, 1.54) is 12.8 Å². The van der Waals surface area contributed by atoms with E-state index >= 15 is 0 Å². The molecule has 1 aliphatic rings. The highest BCUT2D eigenvalue weighted by Gasteiger charge is 2.31. The second kappa shape index (κ2) is 3.28. The summed E-state index contributed by atoms with van der Waals surface area (Å²) in [6.45, 7) is 0. The quantitative estimate of drug-likeness (QED) is 0.701. The monoisotopic (exact) mass is 196 g/mol. The van der Waals surface area contributed by atoms with E-state index in [0.29, 0.717) is 5.15 Å². The number of aromatic nitrogens is 1. The highest BCUT2D eigenvalue weighted by atomic mass is 35.5. The first-order chi connectivity index (χ1) is 6.21. The van der Waals surface area contributed by atoms with E-state index in [-0.39, 0.29) is 5.54 Å². The van der Waals surface area contributed by atoms with Gasteiger partial charge in [-0.1, -0.05) is 24.4 Å². The molecule has 0 saturated heterocycles. The second-order valence-corrected chi connectivity index (χ2v) is 4.12. The average molecular weight is 197 g/mol. The van der Waals surface area contributed by atoms with Gasteiger partial charge in [-0.3, -0.25) is 0 Å². The van der Waals surface area contributed by atoms with E-state index in [2.05, 4.69) is 4.98 Å². The van der Waals surface area contributed by atoms with Crippen molar-refractivity contribution < 1.29 is 0 Å². The van der Waals surface area contributed by atoms with Crippen molar-refractivity contribution in [2.24, 2.45) is 5.73 Å². The fourth-order valence-corrected chi connectivity index (χ4v) is 2.18. The third-order valence-electron chi connectivity index (χ3n) is 2.80. The SMILES string of the molecule is NC1(c2ccnc(Cl)c2)CCCC1. The molecule has 1 aliphatic carbocycles. The Labute approximate surface area is 83.1 Å². The summed E-state index contributed by atoms with van der Waals surface area (Å²) in [4.78, 5) is 3.95. The summed E-state index contributed by atoms with van der Waals surface area (Å²) < 4.78 is 0. The zero-order chi connectivity index (χ0) is 9.31. The minimum absolute atomic E-state index is 0.146. The first-order valence-corrected chi connectivity index (χ1v) is 4.99. The van der Waals surface area contributed by atoms with Gasteiger partial charge < -0.3 is 5.73 Å². The van der Waals surface area contributed by atoms with Gasteiger partial charge in [-0.2, -0.15) is 0 Å². The third kappa shape index (κ3) is 1.69. The second-order valence-electron chi connectivity index (χ2n) is 3.73. The number of pyridine rings is 1. The van der Waals surface area contributed by atoms with E-state index in [9.17, 15) is 0 Å². The summed E-state index contributed by atoms with van der Waals surface area (Å²) in [7, 11) is 0. The molecule has 2 rings (SSSR count). The molecule has 0 radical (unpaired) electrons. The highest BCUT2D eigenvalue weighted by molar-refractivity contribution is 6.29. The molecule has 3 heteroatoms. The van der Waals surface area contributed by atoms with Crippen LogP contribution < -0.4 is 5.73 Å². The highest BCUT2D eigenvalue weighted by Crippen LogP contribution is 2.36. The normalized spacial score (nSPS) is 20.5. The summed E-state index contributed by atoms with van der Waals surface area (Å²) >= 11 is 5.82. The van der Waals surface area contributed by atoms with Gasteiger partial charge in [0, 0.05) is 11.7 Å². The minimum atomic E-state index is -0.146.